The highest BCUT2D eigenvalue weighted by Gasteiger charge is 2.30. The van der Waals surface area contributed by atoms with Crippen LogP contribution in [0.4, 0.5) is 0 Å². The summed E-state index contributed by atoms with van der Waals surface area (Å²) in [5.74, 6) is 0.318. The van der Waals surface area contributed by atoms with E-state index in [4.69, 9.17) is 9.47 Å². The fraction of sp³-hybridized carbons (Fsp3) is 0.200. The number of nitrogens with zero attached hydrogens (tertiary/aromatic N) is 4. The summed E-state index contributed by atoms with van der Waals surface area (Å²) in [7, 11) is 1.96. The van der Waals surface area contributed by atoms with Crippen LogP contribution >= 0.6 is 0 Å². The fourth-order valence-electron chi connectivity index (χ4n) is 5.29. The second-order valence-electron chi connectivity index (χ2n) is 9.79. The molecule has 2 aromatic heterocycles. The average Bonchev–Trinajstić information content (AvgIpc) is 3.68. The van der Waals surface area contributed by atoms with Gasteiger partial charge in [-0.05, 0) is 53.8 Å². The Morgan fingerprint density at radius 2 is 1.77 bits per heavy atom. The van der Waals surface area contributed by atoms with E-state index in [0.29, 0.717) is 29.0 Å². The van der Waals surface area contributed by atoms with Gasteiger partial charge in [0.25, 0.3) is 0 Å². The van der Waals surface area contributed by atoms with Crippen molar-refractivity contribution < 1.29 is 24.8 Å². The van der Waals surface area contributed by atoms with Crippen LogP contribution < -0.4 is 0 Å². The van der Waals surface area contributed by atoms with Crippen LogP contribution in [-0.2, 0) is 22.9 Å². The molecule has 0 amide bonds. The molecule has 9 nitrogen and oxygen atoms in total. The van der Waals surface area contributed by atoms with Gasteiger partial charge < -0.3 is 29.4 Å². The lowest BCUT2D eigenvalue weighted by atomic mass is 9.81. The van der Waals surface area contributed by atoms with Crippen molar-refractivity contribution in [2.45, 2.75) is 19.3 Å². The van der Waals surface area contributed by atoms with Crippen LogP contribution in [0.25, 0.3) is 28.0 Å². The number of aromatic hydroxyl groups is 3. The minimum absolute atomic E-state index is 0.0534. The molecule has 3 aromatic carbocycles. The Morgan fingerprint density at radius 3 is 2.54 bits per heavy atom. The maximum atomic E-state index is 11.0. The normalized spacial score (nSPS) is 14.6. The molecule has 3 N–H and O–H groups in total. The topological polar surface area (TPSA) is 115 Å². The number of fused-ring (bicyclic) bond motifs is 1. The Morgan fingerprint density at radius 1 is 0.949 bits per heavy atom. The van der Waals surface area contributed by atoms with Gasteiger partial charge in [0, 0.05) is 36.1 Å². The van der Waals surface area contributed by atoms with Crippen molar-refractivity contribution in [1.82, 2.24) is 19.3 Å². The number of rotatable bonds is 7. The molecule has 9 heteroatoms. The van der Waals surface area contributed by atoms with E-state index in [9.17, 15) is 15.3 Å². The number of aryl methyl sites for hydroxylation is 1. The molecule has 0 spiro atoms. The Balaban J connectivity index is 1.43. The zero-order valence-corrected chi connectivity index (χ0v) is 21.5. The van der Waals surface area contributed by atoms with Gasteiger partial charge in [0.1, 0.15) is 23.5 Å². The van der Waals surface area contributed by atoms with Crippen molar-refractivity contribution >= 4 is 10.9 Å². The number of hydrogen-bond donors (Lipinski definition) is 3. The maximum Gasteiger partial charge on any atom is 0.319 e. The van der Waals surface area contributed by atoms with Crippen molar-refractivity contribution in [3.8, 4) is 34.6 Å². The highest BCUT2D eigenvalue weighted by Crippen LogP contribution is 2.43. The molecule has 5 aromatic rings. The minimum atomic E-state index is -0.314. The number of phenolic OH excluding ortho intramolecular Hbond substituents is 2. The number of hydrogen-bond acceptors (Lipinski definition) is 7. The molecular weight excluding hydrogens is 496 g/mol. The molecule has 1 aliphatic heterocycles. The number of allylic oxidation sites excluding steroid dienone is 1. The first kappa shape index (κ1) is 24.4. The quantitative estimate of drug-likeness (QED) is 0.263. The van der Waals surface area contributed by atoms with E-state index in [1.54, 1.807) is 12.3 Å². The van der Waals surface area contributed by atoms with Crippen LogP contribution in [0.15, 0.2) is 84.9 Å². The van der Waals surface area contributed by atoms with Gasteiger partial charge in [-0.25, -0.2) is 4.57 Å². The second-order valence-corrected chi connectivity index (χ2v) is 9.79. The Hall–Kier alpha value is -4.92. The van der Waals surface area contributed by atoms with E-state index in [1.807, 2.05) is 79.3 Å². The molecule has 39 heavy (non-hydrogen) atoms. The Labute approximate surface area is 224 Å². The first-order chi connectivity index (χ1) is 18.9. The zero-order chi connectivity index (χ0) is 27.1. The van der Waals surface area contributed by atoms with E-state index in [2.05, 4.69) is 10.2 Å². The summed E-state index contributed by atoms with van der Waals surface area (Å²) in [5, 5.41) is 41.6. The second kappa shape index (κ2) is 9.75. The predicted molar refractivity (Wildman–Crippen MR) is 145 cm³/mol. The lowest BCUT2D eigenvalue weighted by Gasteiger charge is -2.25. The highest BCUT2D eigenvalue weighted by molar-refractivity contribution is 5.83. The van der Waals surface area contributed by atoms with Crippen LogP contribution in [0.1, 0.15) is 24.0 Å². The molecule has 1 aliphatic rings. The molecule has 6 rings (SSSR count). The van der Waals surface area contributed by atoms with E-state index in [1.165, 1.54) is 10.6 Å². The van der Waals surface area contributed by atoms with Crippen LogP contribution in [-0.4, -0.2) is 41.4 Å². The molecule has 0 radical (unpaired) electrons. The van der Waals surface area contributed by atoms with Gasteiger partial charge in [0.2, 0.25) is 6.79 Å². The Kier molecular flexibility index (Phi) is 6.11. The van der Waals surface area contributed by atoms with Crippen molar-refractivity contribution in [3.05, 3.63) is 96.1 Å². The smallest absolute Gasteiger partial charge is 0.319 e. The summed E-state index contributed by atoms with van der Waals surface area (Å²) < 4.78 is 14.6. The van der Waals surface area contributed by atoms with Gasteiger partial charge in [-0.15, -0.1) is 5.10 Å². The molecule has 3 heterocycles. The van der Waals surface area contributed by atoms with Crippen molar-refractivity contribution in [1.29, 1.82) is 0 Å². The maximum absolute atomic E-state index is 11.0. The zero-order valence-electron chi connectivity index (χ0n) is 21.5. The van der Waals surface area contributed by atoms with Crippen LogP contribution in [0.5, 0.6) is 17.5 Å². The predicted octanol–water partition coefficient (Wildman–Crippen LogP) is 5.35. The van der Waals surface area contributed by atoms with Gasteiger partial charge in [-0.3, -0.25) is 0 Å². The van der Waals surface area contributed by atoms with E-state index >= 15 is 0 Å². The van der Waals surface area contributed by atoms with E-state index < -0.39 is 0 Å². The summed E-state index contributed by atoms with van der Waals surface area (Å²) in [5.41, 5.74) is 3.70. The van der Waals surface area contributed by atoms with Gasteiger partial charge in [-0.2, -0.15) is 0 Å². The summed E-state index contributed by atoms with van der Waals surface area (Å²) in [4.78, 5) is 0. The molecule has 0 aliphatic carbocycles. The largest absolute Gasteiger partial charge is 0.508 e. The Bertz CT molecular complexity index is 1690. The summed E-state index contributed by atoms with van der Waals surface area (Å²) >= 11 is 0. The number of benzene rings is 3. The molecule has 0 fully saturated rings. The fourth-order valence-corrected chi connectivity index (χ4v) is 5.29. The van der Waals surface area contributed by atoms with E-state index in [-0.39, 0.29) is 42.0 Å². The summed E-state index contributed by atoms with van der Waals surface area (Å²) in [6.45, 7) is 2.14. The van der Waals surface area contributed by atoms with E-state index in [0.717, 1.165) is 16.5 Å². The van der Waals surface area contributed by atoms with Crippen molar-refractivity contribution in [2.24, 2.45) is 13.0 Å². The first-order valence-electron chi connectivity index (χ1n) is 12.6. The van der Waals surface area contributed by atoms with Crippen molar-refractivity contribution in [2.75, 3.05) is 6.79 Å². The first-order valence-corrected chi connectivity index (χ1v) is 12.6. The lowest BCUT2D eigenvalue weighted by molar-refractivity contribution is 0.0684. The van der Waals surface area contributed by atoms with Gasteiger partial charge in [0.05, 0.1) is 11.3 Å². The third kappa shape index (κ3) is 4.41. The average molecular weight is 525 g/mol. The standard InChI is InChI=1S/C30H28N4O5/c1-18(23(28-16-38-17-39-28)12-19-6-4-3-5-7-19)22-14-24(27(36)15-26(22)35)29-31-32-30(37)34(29)21-8-9-25-20(13-21)10-11-33(25)2/h3-11,13-16,18,23,35-36H,12,17H2,1-2H3,(H,32,37). The van der Waals surface area contributed by atoms with Crippen LogP contribution in [0.3, 0.4) is 0 Å². The SMILES string of the molecule is CC(c1cc(-c2nnc(O)n2-c2ccc3c(ccn3C)c2)c(O)cc1O)C(Cc1ccccc1)C1=COCO1. The van der Waals surface area contributed by atoms with Crippen LogP contribution in [0.2, 0.25) is 0 Å². The molecule has 198 valence electrons. The number of phenols is 2. The number of aromatic nitrogens is 4. The molecule has 0 bridgehead atoms. The summed E-state index contributed by atoms with van der Waals surface area (Å²) in [6.07, 6.45) is 4.24. The monoisotopic (exact) mass is 524 g/mol. The molecular formula is C30H28N4O5. The van der Waals surface area contributed by atoms with Gasteiger partial charge in [-0.1, -0.05) is 42.4 Å². The molecule has 2 unspecified atom stereocenters. The number of ether oxygens (including phenoxy) is 2. The third-order valence-corrected chi connectivity index (χ3v) is 7.41. The van der Waals surface area contributed by atoms with Crippen LogP contribution in [0, 0.1) is 5.92 Å². The lowest BCUT2D eigenvalue weighted by Crippen LogP contribution is -2.17. The summed E-state index contributed by atoms with van der Waals surface area (Å²) in [6, 6.07) is 20.4. The van der Waals surface area contributed by atoms with Gasteiger partial charge in [0.15, 0.2) is 5.82 Å². The van der Waals surface area contributed by atoms with Gasteiger partial charge >= 0.3 is 6.01 Å². The minimum Gasteiger partial charge on any atom is -0.508 e. The molecule has 2 atom stereocenters. The molecule has 0 saturated carbocycles. The van der Waals surface area contributed by atoms with Crippen molar-refractivity contribution in [3.63, 3.8) is 0 Å². The highest BCUT2D eigenvalue weighted by atomic mass is 16.7. The molecule has 0 saturated heterocycles. The third-order valence-electron chi connectivity index (χ3n) is 7.41.